The van der Waals surface area contributed by atoms with E-state index in [9.17, 15) is 13.2 Å². The second kappa shape index (κ2) is 3.58. The highest BCUT2D eigenvalue weighted by Gasteiger charge is 2.33. The zero-order valence-corrected chi connectivity index (χ0v) is 7.62. The number of hydrogen-bond acceptors (Lipinski definition) is 4. The summed E-state index contributed by atoms with van der Waals surface area (Å²) in [7, 11) is -3.59. The van der Waals surface area contributed by atoms with Crippen molar-refractivity contribution in [3.8, 4) is 0 Å². The molecule has 0 bridgehead atoms. The summed E-state index contributed by atoms with van der Waals surface area (Å²) in [5.41, 5.74) is 0. The zero-order valence-electron chi connectivity index (χ0n) is 6.80. The van der Waals surface area contributed by atoms with Gasteiger partial charge in [-0.25, -0.2) is 5.14 Å². The van der Waals surface area contributed by atoms with Gasteiger partial charge in [0.1, 0.15) is 0 Å². The van der Waals surface area contributed by atoms with Crippen molar-refractivity contribution in [3.05, 3.63) is 0 Å². The molecule has 0 aromatic carbocycles. The van der Waals surface area contributed by atoms with Gasteiger partial charge in [0, 0.05) is 19.1 Å². The number of nitrogens with two attached hydrogens (primary N) is 1. The first-order valence-corrected chi connectivity index (χ1v) is 5.13. The molecule has 0 spiro atoms. The molecular formula is C5H11N3O4S. The Bertz CT molecular complexity index is 295. The third kappa shape index (κ3) is 2.92. The zero-order chi connectivity index (χ0) is 10.1. The van der Waals surface area contributed by atoms with E-state index in [4.69, 9.17) is 10.2 Å². The fraction of sp³-hybridized carbons (Fsp3) is 0.800. The highest BCUT2D eigenvalue weighted by Crippen LogP contribution is 2.09. The molecular weight excluding hydrogens is 198 g/mol. The smallest absolute Gasteiger partial charge is 0.317 e. The van der Waals surface area contributed by atoms with Crippen LogP contribution in [0.4, 0.5) is 0 Å². The summed E-state index contributed by atoms with van der Waals surface area (Å²) in [6.45, 7) is 0.321. The fourth-order valence-electron chi connectivity index (χ4n) is 1.01. The Labute approximate surface area is 75.7 Å². The first-order chi connectivity index (χ1) is 5.89. The van der Waals surface area contributed by atoms with Crippen molar-refractivity contribution in [1.82, 2.24) is 9.62 Å². The maximum atomic E-state index is 10.7. The maximum Gasteiger partial charge on any atom is 0.317 e. The topological polar surface area (TPSA) is 113 Å². The predicted octanol–water partition coefficient (Wildman–Crippen LogP) is -2.45. The van der Waals surface area contributed by atoms with Crippen molar-refractivity contribution in [2.45, 2.75) is 6.04 Å². The van der Waals surface area contributed by atoms with E-state index < -0.39 is 16.2 Å². The summed E-state index contributed by atoms with van der Waals surface area (Å²) >= 11 is 0. The van der Waals surface area contributed by atoms with Gasteiger partial charge in [0.05, 0.1) is 6.54 Å². The van der Waals surface area contributed by atoms with Crippen LogP contribution in [0.25, 0.3) is 0 Å². The molecule has 4 N–H and O–H groups in total. The highest BCUT2D eigenvalue weighted by molar-refractivity contribution is 7.86. The van der Waals surface area contributed by atoms with Crippen LogP contribution in [-0.4, -0.2) is 49.5 Å². The van der Waals surface area contributed by atoms with Crippen molar-refractivity contribution in [3.63, 3.8) is 0 Å². The molecule has 0 atom stereocenters. The van der Waals surface area contributed by atoms with Gasteiger partial charge in [-0.05, 0) is 0 Å². The number of aliphatic carboxylic acids is 1. The quantitative estimate of drug-likeness (QED) is 0.475. The molecule has 0 aliphatic carbocycles. The molecule has 1 fully saturated rings. The SMILES string of the molecule is NS(=O)(=O)N1CC(NCC(=O)O)C1. The summed E-state index contributed by atoms with van der Waals surface area (Å²) in [6, 6.07) is -0.102. The summed E-state index contributed by atoms with van der Waals surface area (Å²) in [4.78, 5) is 10.1. The lowest BCUT2D eigenvalue weighted by atomic mass is 10.2. The lowest BCUT2D eigenvalue weighted by Crippen LogP contribution is -2.61. The van der Waals surface area contributed by atoms with Crippen LogP contribution in [-0.2, 0) is 15.0 Å². The van der Waals surface area contributed by atoms with Crippen LogP contribution in [0, 0.1) is 0 Å². The number of carboxylic acid groups (broad SMARTS) is 1. The van der Waals surface area contributed by atoms with Crippen LogP contribution in [0.5, 0.6) is 0 Å². The Morgan fingerprint density at radius 3 is 2.54 bits per heavy atom. The van der Waals surface area contributed by atoms with Gasteiger partial charge in [0.2, 0.25) is 0 Å². The van der Waals surface area contributed by atoms with E-state index in [-0.39, 0.29) is 25.7 Å². The Hall–Kier alpha value is -0.700. The number of nitrogens with zero attached hydrogens (tertiary/aromatic N) is 1. The van der Waals surface area contributed by atoms with E-state index in [2.05, 4.69) is 5.32 Å². The van der Waals surface area contributed by atoms with Gasteiger partial charge in [-0.3, -0.25) is 4.79 Å². The van der Waals surface area contributed by atoms with Gasteiger partial charge < -0.3 is 10.4 Å². The van der Waals surface area contributed by atoms with Crippen LogP contribution in [0.3, 0.4) is 0 Å². The minimum absolute atomic E-state index is 0.102. The van der Waals surface area contributed by atoms with Gasteiger partial charge in [-0.1, -0.05) is 0 Å². The van der Waals surface area contributed by atoms with Gasteiger partial charge in [-0.2, -0.15) is 12.7 Å². The highest BCUT2D eigenvalue weighted by atomic mass is 32.2. The molecule has 8 heteroatoms. The molecule has 1 rings (SSSR count). The standard InChI is InChI=1S/C5H11N3O4S/c6-13(11,12)8-2-4(3-8)7-1-5(9)10/h4,7H,1-3H2,(H,9,10)(H2,6,11,12). The molecule has 7 nitrogen and oxygen atoms in total. The molecule has 0 aromatic heterocycles. The Morgan fingerprint density at radius 1 is 1.62 bits per heavy atom. The Morgan fingerprint density at radius 2 is 2.15 bits per heavy atom. The first kappa shape index (κ1) is 10.4. The molecule has 0 aromatic rings. The van der Waals surface area contributed by atoms with E-state index in [0.717, 1.165) is 4.31 Å². The van der Waals surface area contributed by atoms with Crippen LogP contribution in [0.15, 0.2) is 0 Å². The normalized spacial score (nSPS) is 19.8. The van der Waals surface area contributed by atoms with E-state index in [0.29, 0.717) is 0 Å². The Balaban J connectivity index is 2.23. The molecule has 0 amide bonds. The van der Waals surface area contributed by atoms with Crippen LogP contribution < -0.4 is 10.5 Å². The summed E-state index contributed by atoms with van der Waals surface area (Å²) in [5, 5.41) is 15.8. The van der Waals surface area contributed by atoms with Crippen LogP contribution in [0.1, 0.15) is 0 Å². The van der Waals surface area contributed by atoms with Crippen LogP contribution >= 0.6 is 0 Å². The number of carboxylic acids is 1. The molecule has 0 saturated carbocycles. The largest absolute Gasteiger partial charge is 0.480 e. The number of hydrogen-bond donors (Lipinski definition) is 3. The summed E-state index contributed by atoms with van der Waals surface area (Å²) in [5.74, 6) is -0.964. The van der Waals surface area contributed by atoms with Crippen LogP contribution in [0.2, 0.25) is 0 Å². The van der Waals surface area contributed by atoms with Crippen molar-refractivity contribution in [1.29, 1.82) is 0 Å². The second-order valence-electron chi connectivity index (χ2n) is 2.83. The molecule has 1 saturated heterocycles. The molecule has 0 radical (unpaired) electrons. The first-order valence-electron chi connectivity index (χ1n) is 3.62. The molecule has 76 valence electrons. The number of carbonyl (C=O) groups is 1. The van der Waals surface area contributed by atoms with E-state index in [1.807, 2.05) is 0 Å². The average molecular weight is 209 g/mol. The third-order valence-electron chi connectivity index (χ3n) is 1.75. The summed E-state index contributed by atoms with van der Waals surface area (Å²) in [6.07, 6.45) is 0. The van der Waals surface area contributed by atoms with Crippen molar-refractivity contribution in [2.24, 2.45) is 5.14 Å². The minimum Gasteiger partial charge on any atom is -0.480 e. The average Bonchev–Trinajstić information content (AvgIpc) is 1.79. The van der Waals surface area contributed by atoms with Gasteiger partial charge in [0.25, 0.3) is 10.2 Å². The maximum absolute atomic E-state index is 10.7. The third-order valence-corrected chi connectivity index (χ3v) is 2.77. The molecule has 1 aliphatic heterocycles. The lowest BCUT2D eigenvalue weighted by molar-refractivity contribution is -0.136. The fourth-order valence-corrected chi connectivity index (χ4v) is 1.78. The number of nitrogens with one attached hydrogen (secondary N) is 1. The molecule has 13 heavy (non-hydrogen) atoms. The Kier molecular flexibility index (Phi) is 2.86. The minimum atomic E-state index is -3.59. The molecule has 0 unspecified atom stereocenters. The van der Waals surface area contributed by atoms with E-state index >= 15 is 0 Å². The monoisotopic (exact) mass is 209 g/mol. The molecule has 1 heterocycles. The molecule has 1 aliphatic rings. The lowest BCUT2D eigenvalue weighted by Gasteiger charge is -2.36. The van der Waals surface area contributed by atoms with Gasteiger partial charge in [-0.15, -0.1) is 0 Å². The van der Waals surface area contributed by atoms with Gasteiger partial charge >= 0.3 is 5.97 Å². The van der Waals surface area contributed by atoms with Crippen molar-refractivity contribution >= 4 is 16.2 Å². The number of rotatable bonds is 4. The van der Waals surface area contributed by atoms with E-state index in [1.165, 1.54) is 0 Å². The van der Waals surface area contributed by atoms with Crippen molar-refractivity contribution < 1.29 is 18.3 Å². The van der Waals surface area contributed by atoms with Gasteiger partial charge in [0.15, 0.2) is 0 Å². The van der Waals surface area contributed by atoms with E-state index in [1.54, 1.807) is 0 Å². The summed E-state index contributed by atoms with van der Waals surface area (Å²) < 4.78 is 22.4. The second-order valence-corrected chi connectivity index (χ2v) is 4.38. The predicted molar refractivity (Wildman–Crippen MR) is 44.1 cm³/mol. The van der Waals surface area contributed by atoms with Crippen molar-refractivity contribution in [2.75, 3.05) is 19.6 Å².